The van der Waals surface area contributed by atoms with Crippen molar-refractivity contribution in [1.29, 1.82) is 0 Å². The number of hydrogen-bond donors (Lipinski definition) is 0. The first-order chi connectivity index (χ1) is 12.4. The van der Waals surface area contributed by atoms with E-state index in [9.17, 15) is 9.59 Å². The molecule has 0 saturated heterocycles. The summed E-state index contributed by atoms with van der Waals surface area (Å²) in [6, 6.07) is 5.37. The van der Waals surface area contributed by atoms with Gasteiger partial charge in [0.05, 0.1) is 0 Å². The Hall–Kier alpha value is -1.87. The van der Waals surface area contributed by atoms with Gasteiger partial charge in [0.25, 0.3) is 0 Å². The van der Waals surface area contributed by atoms with E-state index in [1.165, 1.54) is 12.2 Å². The van der Waals surface area contributed by atoms with E-state index in [-0.39, 0.29) is 12.4 Å². The summed E-state index contributed by atoms with van der Waals surface area (Å²) < 4.78 is 18.2. The van der Waals surface area contributed by atoms with E-state index in [0.717, 1.165) is 28.1 Å². The van der Waals surface area contributed by atoms with Crippen molar-refractivity contribution in [2.24, 2.45) is 0 Å². The molecule has 0 aliphatic rings. The first-order valence-electron chi connectivity index (χ1n) is 8.21. The number of esters is 1. The minimum absolute atomic E-state index is 0.217. The number of aromatic nitrogens is 1. The summed E-state index contributed by atoms with van der Waals surface area (Å²) >= 11 is 2.04. The maximum absolute atomic E-state index is 12.4. The average Bonchev–Trinajstić information content (AvgIpc) is 3.15. The molecule has 0 atom stereocenters. The monoisotopic (exact) mass is 471 g/mol. The molecule has 7 heteroatoms. The van der Waals surface area contributed by atoms with Crippen molar-refractivity contribution in [3.63, 3.8) is 0 Å². The van der Waals surface area contributed by atoms with Crippen molar-refractivity contribution in [2.75, 3.05) is 20.3 Å². The molecule has 0 bridgehead atoms. The molecule has 0 unspecified atom stereocenters. The molecule has 2 heterocycles. The molecule has 0 N–H and O–H groups in total. The zero-order chi connectivity index (χ0) is 19.1. The number of nitrogens with zero attached hydrogens (tertiary/aromatic N) is 1. The molecule has 140 valence electrons. The quantitative estimate of drug-likeness (QED) is 0.183. The molecular weight excluding hydrogens is 449 g/mol. The highest BCUT2D eigenvalue weighted by Crippen LogP contribution is 2.17. The molecule has 0 aromatic carbocycles. The van der Waals surface area contributed by atoms with Gasteiger partial charge in [-0.1, -0.05) is 0 Å². The number of Topliss-reactive ketones (excluding diaryl/α,β-unsaturated/α-hetero) is 1. The second-order valence-corrected chi connectivity index (χ2v) is 6.85. The van der Waals surface area contributed by atoms with Gasteiger partial charge in [-0.2, -0.15) is 0 Å². The number of aryl methyl sites for hydroxylation is 1. The molecule has 2 aromatic rings. The van der Waals surface area contributed by atoms with Gasteiger partial charge in [0, 0.05) is 43.3 Å². The number of carbonyl (C=O) groups excluding carboxylic acids is 2. The lowest BCUT2D eigenvalue weighted by atomic mass is 10.1. The van der Waals surface area contributed by atoms with Gasteiger partial charge < -0.3 is 18.5 Å². The molecule has 0 amide bonds. The molecule has 0 saturated carbocycles. The fraction of sp³-hybridized carbons (Fsp3) is 0.368. The lowest BCUT2D eigenvalue weighted by Crippen LogP contribution is -2.14. The van der Waals surface area contributed by atoms with Gasteiger partial charge in [0.2, 0.25) is 5.78 Å². The third-order valence-electron chi connectivity index (χ3n) is 3.93. The summed E-state index contributed by atoms with van der Waals surface area (Å²) in [6.45, 7) is 5.01. The fourth-order valence-corrected chi connectivity index (χ4v) is 3.06. The summed E-state index contributed by atoms with van der Waals surface area (Å²) in [5.41, 5.74) is 2.46. The molecule has 2 aromatic heterocycles. The van der Waals surface area contributed by atoms with Crippen molar-refractivity contribution in [1.82, 2.24) is 4.57 Å². The summed E-state index contributed by atoms with van der Waals surface area (Å²) in [5.74, 6) is -0.249. The topological polar surface area (TPSA) is 70.7 Å². The van der Waals surface area contributed by atoms with E-state index in [1.54, 1.807) is 19.2 Å². The smallest absolute Gasteiger partial charge is 0.331 e. The number of halogens is 1. The summed E-state index contributed by atoms with van der Waals surface area (Å²) in [4.78, 5) is 24.2. The Morgan fingerprint density at radius 2 is 2.08 bits per heavy atom. The Labute approximate surface area is 166 Å². The summed E-state index contributed by atoms with van der Waals surface area (Å²) in [6.07, 6.45) is 3.62. The van der Waals surface area contributed by atoms with E-state index in [2.05, 4.69) is 4.57 Å². The van der Waals surface area contributed by atoms with E-state index < -0.39 is 5.97 Å². The second kappa shape index (κ2) is 9.72. The first kappa shape index (κ1) is 20.4. The van der Waals surface area contributed by atoms with Crippen LogP contribution in [0.2, 0.25) is 0 Å². The minimum atomic E-state index is -0.585. The van der Waals surface area contributed by atoms with Crippen LogP contribution in [-0.4, -0.2) is 36.6 Å². The standard InChI is InChI=1S/C19H22INO5/c1-13-11-16(14(2)21(13)9-4-10-24-3)17(22)12-25-19(23)8-6-15-5-7-18(20)26-15/h5-8,11H,4,9-10,12H2,1-3H3/b8-6+. The van der Waals surface area contributed by atoms with E-state index >= 15 is 0 Å². The van der Waals surface area contributed by atoms with Crippen molar-refractivity contribution in [3.8, 4) is 0 Å². The third kappa shape index (κ3) is 5.57. The molecule has 0 radical (unpaired) electrons. The molecule has 2 rings (SSSR count). The van der Waals surface area contributed by atoms with Crippen molar-refractivity contribution in [3.05, 3.63) is 50.8 Å². The lowest BCUT2D eigenvalue weighted by molar-refractivity contribution is -0.136. The molecule has 0 aliphatic heterocycles. The third-order valence-corrected chi connectivity index (χ3v) is 4.51. The van der Waals surface area contributed by atoms with Gasteiger partial charge in [-0.3, -0.25) is 4.79 Å². The van der Waals surface area contributed by atoms with E-state index in [4.69, 9.17) is 13.9 Å². The summed E-state index contributed by atoms with van der Waals surface area (Å²) in [7, 11) is 1.67. The van der Waals surface area contributed by atoms with Crippen LogP contribution in [0, 0.1) is 17.6 Å². The number of methoxy groups -OCH3 is 1. The Balaban J connectivity index is 1.92. The van der Waals surface area contributed by atoms with Crippen LogP contribution in [0.15, 0.2) is 28.7 Å². The number of ketones is 1. The molecule has 0 aliphatic carbocycles. The fourth-order valence-electron chi connectivity index (χ4n) is 2.63. The highest BCUT2D eigenvalue weighted by molar-refractivity contribution is 14.1. The zero-order valence-electron chi connectivity index (χ0n) is 15.1. The second-order valence-electron chi connectivity index (χ2n) is 5.79. The average molecular weight is 471 g/mol. The van der Waals surface area contributed by atoms with Crippen LogP contribution in [0.25, 0.3) is 6.08 Å². The highest BCUT2D eigenvalue weighted by Gasteiger charge is 2.16. The predicted molar refractivity (Wildman–Crippen MR) is 106 cm³/mol. The zero-order valence-corrected chi connectivity index (χ0v) is 17.2. The Morgan fingerprint density at radius 1 is 1.31 bits per heavy atom. The molecule has 0 spiro atoms. The predicted octanol–water partition coefficient (Wildman–Crippen LogP) is 3.78. The van der Waals surface area contributed by atoms with Crippen molar-refractivity contribution in [2.45, 2.75) is 26.8 Å². The van der Waals surface area contributed by atoms with Gasteiger partial charge in [-0.15, -0.1) is 0 Å². The van der Waals surface area contributed by atoms with Gasteiger partial charge in [-0.25, -0.2) is 4.79 Å². The van der Waals surface area contributed by atoms with Crippen molar-refractivity contribution < 1.29 is 23.5 Å². The number of rotatable bonds is 9. The minimum Gasteiger partial charge on any atom is -0.454 e. The van der Waals surface area contributed by atoms with Crippen LogP contribution < -0.4 is 0 Å². The van der Waals surface area contributed by atoms with Gasteiger partial charge in [0.15, 0.2) is 10.4 Å². The number of hydrogen-bond acceptors (Lipinski definition) is 5. The number of furan rings is 1. The normalized spacial score (nSPS) is 11.2. The molecule has 0 fully saturated rings. The molecular formula is C19H22INO5. The first-order valence-corrected chi connectivity index (χ1v) is 9.29. The van der Waals surface area contributed by atoms with Crippen LogP contribution in [-0.2, 0) is 20.8 Å². The van der Waals surface area contributed by atoms with Crippen LogP contribution >= 0.6 is 22.6 Å². The van der Waals surface area contributed by atoms with Gasteiger partial charge in [-0.05, 0) is 67.1 Å². The van der Waals surface area contributed by atoms with Crippen LogP contribution in [0.5, 0.6) is 0 Å². The molecule has 26 heavy (non-hydrogen) atoms. The maximum atomic E-state index is 12.4. The maximum Gasteiger partial charge on any atom is 0.331 e. The SMILES string of the molecule is COCCCn1c(C)cc(C(=O)COC(=O)/C=C/c2ccc(I)o2)c1C. The Bertz CT molecular complexity index is 803. The summed E-state index contributed by atoms with van der Waals surface area (Å²) in [5, 5.41) is 0. The lowest BCUT2D eigenvalue weighted by Gasteiger charge is -2.09. The Kier molecular flexibility index (Phi) is 7.65. The van der Waals surface area contributed by atoms with Crippen molar-refractivity contribution >= 4 is 40.4 Å². The van der Waals surface area contributed by atoms with Gasteiger partial charge >= 0.3 is 5.97 Å². The highest BCUT2D eigenvalue weighted by atomic mass is 127. The van der Waals surface area contributed by atoms with Crippen LogP contribution in [0.1, 0.15) is 33.9 Å². The van der Waals surface area contributed by atoms with Crippen LogP contribution in [0.4, 0.5) is 0 Å². The largest absolute Gasteiger partial charge is 0.454 e. The number of ether oxygens (including phenoxy) is 2. The van der Waals surface area contributed by atoms with Crippen LogP contribution in [0.3, 0.4) is 0 Å². The Morgan fingerprint density at radius 3 is 2.73 bits per heavy atom. The number of carbonyl (C=O) groups is 2. The van der Waals surface area contributed by atoms with Gasteiger partial charge in [0.1, 0.15) is 5.76 Å². The van der Waals surface area contributed by atoms with E-state index in [0.29, 0.717) is 17.9 Å². The molecule has 6 nitrogen and oxygen atoms in total. The van der Waals surface area contributed by atoms with E-state index in [1.807, 2.05) is 42.5 Å².